The number of nitrogens with zero attached hydrogens (tertiary/aromatic N) is 3. The molecule has 0 saturated carbocycles. The first-order valence-corrected chi connectivity index (χ1v) is 12.3. The van der Waals surface area contributed by atoms with E-state index in [9.17, 15) is 12.8 Å². The maximum absolute atomic E-state index is 13.3. The van der Waals surface area contributed by atoms with E-state index in [2.05, 4.69) is 10.2 Å². The highest BCUT2D eigenvalue weighted by Gasteiger charge is 2.27. The number of nitrogens with two attached hydrogens (primary N) is 1. The molecule has 0 aliphatic rings. The lowest BCUT2D eigenvalue weighted by Crippen LogP contribution is -2.22. The molecule has 0 spiro atoms. The van der Waals surface area contributed by atoms with Crippen molar-refractivity contribution < 1.29 is 12.8 Å². The van der Waals surface area contributed by atoms with Crippen LogP contribution in [0.25, 0.3) is 0 Å². The fourth-order valence-corrected chi connectivity index (χ4v) is 5.17. The van der Waals surface area contributed by atoms with E-state index in [-0.39, 0.29) is 10.9 Å². The zero-order valence-corrected chi connectivity index (χ0v) is 18.8. The molecule has 0 aliphatic heterocycles. The van der Waals surface area contributed by atoms with Gasteiger partial charge in [0.25, 0.3) is 0 Å². The smallest absolute Gasteiger partial charge is 0.250 e. The average Bonchev–Trinajstić information content (AvgIpc) is 3.26. The number of rotatable bonds is 9. The molecule has 170 valence electrons. The third-order valence-electron chi connectivity index (χ3n) is 5.39. The van der Waals surface area contributed by atoms with Gasteiger partial charge in [0.05, 0.1) is 11.8 Å². The fourth-order valence-electron chi connectivity index (χ4n) is 3.72. The Morgan fingerprint density at radius 1 is 0.818 bits per heavy atom. The highest BCUT2D eigenvalue weighted by molar-refractivity contribution is 7.90. The largest absolute Gasteiger partial charge is 0.321 e. The summed E-state index contributed by atoms with van der Waals surface area (Å²) < 4.78 is 41.4. The molecule has 1 aromatic heterocycles. The van der Waals surface area contributed by atoms with E-state index < -0.39 is 21.7 Å². The van der Waals surface area contributed by atoms with Crippen LogP contribution in [0.5, 0.6) is 0 Å². The van der Waals surface area contributed by atoms with Crippen molar-refractivity contribution in [3.8, 4) is 0 Å². The number of hydrogen-bond acceptors (Lipinski definition) is 5. The van der Waals surface area contributed by atoms with Crippen molar-refractivity contribution in [3.05, 3.63) is 113 Å². The van der Waals surface area contributed by atoms with Crippen molar-refractivity contribution in [2.24, 2.45) is 5.73 Å². The van der Waals surface area contributed by atoms with E-state index in [1.54, 1.807) is 4.57 Å². The van der Waals surface area contributed by atoms with Crippen LogP contribution in [0.15, 0.2) is 90.1 Å². The molecule has 0 unspecified atom stereocenters. The quantitative estimate of drug-likeness (QED) is 0.406. The van der Waals surface area contributed by atoms with Crippen LogP contribution in [0.1, 0.15) is 28.6 Å². The molecule has 0 saturated heterocycles. The van der Waals surface area contributed by atoms with E-state index in [1.165, 1.54) is 24.3 Å². The van der Waals surface area contributed by atoms with Crippen molar-refractivity contribution in [1.29, 1.82) is 0 Å². The van der Waals surface area contributed by atoms with Crippen molar-refractivity contribution >= 4 is 9.84 Å². The minimum absolute atomic E-state index is 0.124. The Labute approximate surface area is 192 Å². The number of aryl methyl sites for hydroxylation is 1. The van der Waals surface area contributed by atoms with Gasteiger partial charge in [0, 0.05) is 6.54 Å². The van der Waals surface area contributed by atoms with Gasteiger partial charge in [-0.3, -0.25) is 0 Å². The van der Waals surface area contributed by atoms with Gasteiger partial charge < -0.3 is 10.3 Å². The summed E-state index contributed by atoms with van der Waals surface area (Å²) in [4.78, 5) is 0. The molecule has 8 heteroatoms. The van der Waals surface area contributed by atoms with Gasteiger partial charge in [-0.1, -0.05) is 72.8 Å². The Morgan fingerprint density at radius 2 is 1.42 bits per heavy atom. The highest BCUT2D eigenvalue weighted by atomic mass is 32.2. The summed E-state index contributed by atoms with van der Waals surface area (Å²) in [6.07, 6.45) is 1.10. The molecule has 0 amide bonds. The number of benzene rings is 3. The maximum Gasteiger partial charge on any atom is 0.250 e. The van der Waals surface area contributed by atoms with E-state index in [1.807, 2.05) is 60.7 Å². The molecule has 0 fully saturated rings. The van der Waals surface area contributed by atoms with Crippen LogP contribution >= 0.6 is 0 Å². The van der Waals surface area contributed by atoms with Crippen molar-refractivity contribution in [2.75, 3.05) is 0 Å². The third kappa shape index (κ3) is 5.71. The van der Waals surface area contributed by atoms with Gasteiger partial charge in [-0.2, -0.15) is 0 Å². The molecule has 4 rings (SSSR count). The minimum atomic E-state index is -3.84. The van der Waals surface area contributed by atoms with Crippen LogP contribution in [-0.2, 0) is 35.0 Å². The fraction of sp³-hybridized carbons (Fsp3) is 0.200. The van der Waals surface area contributed by atoms with Gasteiger partial charge in [-0.15, -0.1) is 10.2 Å². The van der Waals surface area contributed by atoms with Crippen molar-refractivity contribution in [1.82, 2.24) is 14.8 Å². The molecule has 1 heterocycles. The topological polar surface area (TPSA) is 90.9 Å². The van der Waals surface area contributed by atoms with Gasteiger partial charge >= 0.3 is 0 Å². The molecule has 33 heavy (non-hydrogen) atoms. The lowest BCUT2D eigenvalue weighted by atomic mass is 10.1. The summed E-state index contributed by atoms with van der Waals surface area (Å²) in [5, 5.41) is 8.12. The monoisotopic (exact) mass is 464 g/mol. The van der Waals surface area contributed by atoms with Crippen LogP contribution < -0.4 is 5.73 Å². The molecule has 0 aliphatic carbocycles. The van der Waals surface area contributed by atoms with Crippen LogP contribution in [0, 0.1) is 5.82 Å². The second kappa shape index (κ2) is 10.1. The Balaban J connectivity index is 1.65. The number of sulfone groups is 1. The number of aromatic nitrogens is 3. The summed E-state index contributed by atoms with van der Waals surface area (Å²) in [7, 11) is -3.84. The molecular formula is C25H25FN4O2S. The predicted octanol–water partition coefficient (Wildman–Crippen LogP) is 3.88. The molecule has 0 bridgehead atoms. The van der Waals surface area contributed by atoms with Gasteiger partial charge in [-0.25, -0.2) is 12.8 Å². The number of halogens is 1. The first kappa shape index (κ1) is 22.8. The average molecular weight is 465 g/mol. The van der Waals surface area contributed by atoms with Gasteiger partial charge in [-0.05, 0) is 41.7 Å². The normalized spacial score (nSPS) is 12.5. The van der Waals surface area contributed by atoms with Gasteiger partial charge in [0.1, 0.15) is 5.82 Å². The van der Waals surface area contributed by atoms with Crippen molar-refractivity contribution in [2.45, 2.75) is 36.3 Å². The van der Waals surface area contributed by atoms with Gasteiger partial charge in [0.2, 0.25) is 15.0 Å². The summed E-state index contributed by atoms with van der Waals surface area (Å²) in [5.41, 5.74) is 9.03. The Hall–Kier alpha value is -3.36. The van der Waals surface area contributed by atoms with Crippen LogP contribution in [0.3, 0.4) is 0 Å². The van der Waals surface area contributed by atoms with E-state index in [4.69, 9.17) is 5.73 Å². The Kier molecular flexibility index (Phi) is 6.96. The molecule has 6 nitrogen and oxygen atoms in total. The van der Waals surface area contributed by atoms with E-state index in [0.717, 1.165) is 11.1 Å². The molecule has 4 aromatic rings. The van der Waals surface area contributed by atoms with Crippen LogP contribution in [-0.4, -0.2) is 23.2 Å². The zero-order valence-electron chi connectivity index (χ0n) is 18.0. The van der Waals surface area contributed by atoms with E-state index in [0.29, 0.717) is 30.8 Å². The standard InChI is InChI=1S/C25H25FN4O2S/c26-22-13-11-21(12-14-22)18-33(31,32)25-29-28-24(23(27)17-20-9-5-2-6-10-20)30(25)16-15-19-7-3-1-4-8-19/h1-14,23H,15-18,27H2/t23-/m0/s1. The molecule has 2 N–H and O–H groups in total. The third-order valence-corrected chi connectivity index (χ3v) is 6.96. The summed E-state index contributed by atoms with van der Waals surface area (Å²) in [6, 6.07) is 24.4. The SMILES string of the molecule is N[C@@H](Cc1ccccc1)c1nnc(S(=O)(=O)Cc2ccc(F)cc2)n1CCc1ccccc1. The Bertz CT molecular complexity index is 1290. The molecular weight excluding hydrogens is 439 g/mol. The van der Waals surface area contributed by atoms with Crippen LogP contribution in [0.2, 0.25) is 0 Å². The summed E-state index contributed by atoms with van der Waals surface area (Å²) in [6.45, 7) is 0.368. The summed E-state index contributed by atoms with van der Waals surface area (Å²) in [5.74, 6) is -0.297. The summed E-state index contributed by atoms with van der Waals surface area (Å²) >= 11 is 0. The van der Waals surface area contributed by atoms with E-state index >= 15 is 0 Å². The lowest BCUT2D eigenvalue weighted by molar-refractivity contribution is 0.530. The second-order valence-corrected chi connectivity index (χ2v) is 9.79. The first-order chi connectivity index (χ1) is 15.9. The maximum atomic E-state index is 13.3. The molecule has 0 radical (unpaired) electrons. The van der Waals surface area contributed by atoms with Crippen LogP contribution in [0.4, 0.5) is 4.39 Å². The first-order valence-electron chi connectivity index (χ1n) is 10.7. The lowest BCUT2D eigenvalue weighted by Gasteiger charge is -2.15. The number of hydrogen-bond donors (Lipinski definition) is 1. The van der Waals surface area contributed by atoms with Gasteiger partial charge in [0.15, 0.2) is 5.82 Å². The molecule has 1 atom stereocenters. The Morgan fingerprint density at radius 3 is 2.06 bits per heavy atom. The van der Waals surface area contributed by atoms with Crippen molar-refractivity contribution in [3.63, 3.8) is 0 Å². The second-order valence-electron chi connectivity index (χ2n) is 7.91. The minimum Gasteiger partial charge on any atom is -0.321 e. The molecule has 3 aromatic carbocycles. The highest BCUT2D eigenvalue weighted by Crippen LogP contribution is 2.22. The zero-order chi connectivity index (χ0) is 23.3. The predicted molar refractivity (Wildman–Crippen MR) is 125 cm³/mol.